The van der Waals surface area contributed by atoms with Gasteiger partial charge >= 0.3 is 0 Å². The third-order valence-electron chi connectivity index (χ3n) is 3.77. The first-order chi connectivity index (χ1) is 11.2. The summed E-state index contributed by atoms with van der Waals surface area (Å²) in [6.07, 6.45) is 2.57. The number of ether oxygens (including phenoxy) is 1. The van der Waals surface area contributed by atoms with Gasteiger partial charge in [-0.1, -0.05) is 19.1 Å². The van der Waals surface area contributed by atoms with Crippen LogP contribution in [0.2, 0.25) is 0 Å². The highest BCUT2D eigenvalue weighted by molar-refractivity contribution is 7.19. The van der Waals surface area contributed by atoms with Crippen molar-refractivity contribution >= 4 is 21.6 Å². The zero-order valence-electron chi connectivity index (χ0n) is 13.6. The number of nitrogens with zero attached hydrogens (tertiary/aromatic N) is 2. The molecule has 0 N–H and O–H groups in total. The topological polar surface area (TPSA) is 44.1 Å². The van der Waals surface area contributed by atoms with Crippen LogP contribution in [0.5, 0.6) is 5.75 Å². The summed E-state index contributed by atoms with van der Waals surface area (Å²) in [6, 6.07) is 7.91. The van der Waals surface area contributed by atoms with Crippen LogP contribution in [-0.4, -0.2) is 16.2 Å². The second-order valence-corrected chi connectivity index (χ2v) is 6.62. The molecule has 0 amide bonds. The number of benzene rings is 1. The van der Waals surface area contributed by atoms with Crippen molar-refractivity contribution in [3.8, 4) is 16.9 Å². The lowest BCUT2D eigenvalue weighted by atomic mass is 10.0. The molecule has 1 aromatic carbocycles. The molecule has 0 radical (unpaired) electrons. The molecule has 0 aliphatic rings. The molecule has 2 aromatic heterocycles. The molecule has 120 valence electrons. The van der Waals surface area contributed by atoms with E-state index in [1.807, 2.05) is 38.1 Å². The van der Waals surface area contributed by atoms with Gasteiger partial charge in [0.05, 0.1) is 18.3 Å². The summed E-state index contributed by atoms with van der Waals surface area (Å²) in [5.41, 5.74) is 2.08. The highest BCUT2D eigenvalue weighted by Crippen LogP contribution is 2.36. The third-order valence-corrected chi connectivity index (χ3v) is 4.79. The SMILES string of the molecule is CCCn1cnc2sc(C)c(-c3ccc(OCC)cc3)c2c1=O. The number of rotatable bonds is 5. The fourth-order valence-corrected chi connectivity index (χ4v) is 3.77. The van der Waals surface area contributed by atoms with Crippen molar-refractivity contribution in [2.75, 3.05) is 6.61 Å². The van der Waals surface area contributed by atoms with Gasteiger partial charge in [-0.05, 0) is 38.0 Å². The van der Waals surface area contributed by atoms with Gasteiger partial charge in [0.25, 0.3) is 5.56 Å². The Hall–Kier alpha value is -2.14. The maximum atomic E-state index is 12.8. The molecule has 3 rings (SSSR count). The number of fused-ring (bicyclic) bond motifs is 1. The smallest absolute Gasteiger partial charge is 0.262 e. The molecule has 2 heterocycles. The van der Waals surface area contributed by atoms with Gasteiger partial charge in [-0.2, -0.15) is 0 Å². The van der Waals surface area contributed by atoms with E-state index >= 15 is 0 Å². The average molecular weight is 328 g/mol. The Morgan fingerprint density at radius 1 is 1.22 bits per heavy atom. The van der Waals surface area contributed by atoms with Gasteiger partial charge in [0.15, 0.2) is 0 Å². The second-order valence-electron chi connectivity index (χ2n) is 5.41. The largest absolute Gasteiger partial charge is 0.494 e. The third kappa shape index (κ3) is 2.88. The van der Waals surface area contributed by atoms with E-state index in [1.165, 1.54) is 0 Å². The van der Waals surface area contributed by atoms with Crippen molar-refractivity contribution in [3.05, 3.63) is 45.8 Å². The van der Waals surface area contributed by atoms with Gasteiger partial charge < -0.3 is 4.74 Å². The van der Waals surface area contributed by atoms with Gasteiger partial charge in [-0.25, -0.2) is 4.98 Å². The summed E-state index contributed by atoms with van der Waals surface area (Å²) in [6.45, 7) is 7.40. The molecule has 23 heavy (non-hydrogen) atoms. The van der Waals surface area contributed by atoms with Crippen LogP contribution in [0.15, 0.2) is 35.4 Å². The lowest BCUT2D eigenvalue weighted by Crippen LogP contribution is -2.20. The standard InChI is InChI=1S/C18H20N2O2S/c1-4-10-20-11-19-17-16(18(20)21)15(12(3)23-17)13-6-8-14(9-7-13)22-5-2/h6-9,11H,4-5,10H2,1-3H3. The van der Waals surface area contributed by atoms with E-state index in [2.05, 4.69) is 11.9 Å². The number of aromatic nitrogens is 2. The quantitative estimate of drug-likeness (QED) is 0.703. The molecule has 4 nitrogen and oxygen atoms in total. The molecule has 3 aromatic rings. The van der Waals surface area contributed by atoms with Crippen LogP contribution >= 0.6 is 11.3 Å². The molecular formula is C18H20N2O2S. The van der Waals surface area contributed by atoms with Crippen molar-refractivity contribution < 1.29 is 4.74 Å². The summed E-state index contributed by atoms with van der Waals surface area (Å²) >= 11 is 1.57. The van der Waals surface area contributed by atoms with Crippen LogP contribution in [0.3, 0.4) is 0 Å². The van der Waals surface area contributed by atoms with Crippen molar-refractivity contribution in [1.29, 1.82) is 0 Å². The molecule has 0 bridgehead atoms. The van der Waals surface area contributed by atoms with Crippen molar-refractivity contribution in [3.63, 3.8) is 0 Å². The van der Waals surface area contributed by atoms with E-state index < -0.39 is 0 Å². The first-order valence-electron chi connectivity index (χ1n) is 7.87. The average Bonchev–Trinajstić information content (AvgIpc) is 2.88. The highest BCUT2D eigenvalue weighted by Gasteiger charge is 2.16. The number of aryl methyl sites for hydroxylation is 2. The van der Waals surface area contributed by atoms with Crippen LogP contribution in [0.4, 0.5) is 0 Å². The number of hydrogen-bond acceptors (Lipinski definition) is 4. The van der Waals surface area contributed by atoms with Gasteiger partial charge in [0.2, 0.25) is 0 Å². The number of thiophene rings is 1. The van der Waals surface area contributed by atoms with E-state index in [1.54, 1.807) is 22.2 Å². The van der Waals surface area contributed by atoms with E-state index in [-0.39, 0.29) is 5.56 Å². The fraction of sp³-hybridized carbons (Fsp3) is 0.333. The number of hydrogen-bond donors (Lipinski definition) is 0. The Morgan fingerprint density at radius 2 is 1.96 bits per heavy atom. The fourth-order valence-electron chi connectivity index (χ4n) is 2.77. The summed E-state index contributed by atoms with van der Waals surface area (Å²) < 4.78 is 7.20. The monoisotopic (exact) mass is 328 g/mol. The Morgan fingerprint density at radius 3 is 2.61 bits per heavy atom. The second kappa shape index (κ2) is 6.54. The zero-order chi connectivity index (χ0) is 16.4. The summed E-state index contributed by atoms with van der Waals surface area (Å²) in [5, 5.41) is 0.729. The van der Waals surface area contributed by atoms with Crippen LogP contribution in [0.1, 0.15) is 25.1 Å². The first kappa shape index (κ1) is 15.7. The molecule has 0 saturated heterocycles. The van der Waals surface area contributed by atoms with Crippen molar-refractivity contribution in [1.82, 2.24) is 9.55 Å². The van der Waals surface area contributed by atoms with Crippen LogP contribution in [0, 0.1) is 6.92 Å². The molecule has 0 fully saturated rings. The molecule has 0 aliphatic heterocycles. The summed E-state index contributed by atoms with van der Waals surface area (Å²) in [4.78, 5) is 19.2. The van der Waals surface area contributed by atoms with Crippen molar-refractivity contribution in [2.45, 2.75) is 33.7 Å². The lowest BCUT2D eigenvalue weighted by Gasteiger charge is -2.07. The van der Waals surface area contributed by atoms with Gasteiger partial charge in [-0.15, -0.1) is 11.3 Å². The molecule has 0 unspecified atom stereocenters. The molecule has 0 saturated carbocycles. The molecular weight excluding hydrogens is 308 g/mol. The maximum Gasteiger partial charge on any atom is 0.262 e. The molecule has 0 aliphatic carbocycles. The highest BCUT2D eigenvalue weighted by atomic mass is 32.1. The normalized spacial score (nSPS) is 11.1. The maximum absolute atomic E-state index is 12.8. The Labute approximate surface area is 139 Å². The predicted molar refractivity (Wildman–Crippen MR) is 95.5 cm³/mol. The minimum absolute atomic E-state index is 0.0464. The molecule has 5 heteroatoms. The van der Waals surface area contributed by atoms with Gasteiger partial charge in [0, 0.05) is 17.0 Å². The summed E-state index contributed by atoms with van der Waals surface area (Å²) in [5.74, 6) is 0.843. The Bertz CT molecular complexity index is 878. The van der Waals surface area contributed by atoms with Gasteiger partial charge in [-0.3, -0.25) is 9.36 Å². The predicted octanol–water partition coefficient (Wildman–Crippen LogP) is 4.24. The molecule has 0 atom stereocenters. The Kier molecular flexibility index (Phi) is 4.48. The van der Waals surface area contributed by atoms with E-state index in [0.29, 0.717) is 13.2 Å². The Balaban J connectivity index is 2.18. The molecule has 0 spiro atoms. The van der Waals surface area contributed by atoms with Crippen LogP contribution in [-0.2, 0) is 6.54 Å². The first-order valence-corrected chi connectivity index (χ1v) is 8.69. The lowest BCUT2D eigenvalue weighted by molar-refractivity contribution is 0.340. The minimum Gasteiger partial charge on any atom is -0.494 e. The van der Waals surface area contributed by atoms with Crippen LogP contribution < -0.4 is 10.3 Å². The van der Waals surface area contributed by atoms with Gasteiger partial charge in [0.1, 0.15) is 10.6 Å². The summed E-state index contributed by atoms with van der Waals surface area (Å²) in [7, 11) is 0. The van der Waals surface area contributed by atoms with E-state index in [4.69, 9.17) is 4.74 Å². The van der Waals surface area contributed by atoms with E-state index in [9.17, 15) is 4.79 Å². The zero-order valence-corrected chi connectivity index (χ0v) is 14.4. The van der Waals surface area contributed by atoms with Crippen LogP contribution in [0.25, 0.3) is 21.3 Å². The van der Waals surface area contributed by atoms with Crippen molar-refractivity contribution in [2.24, 2.45) is 0 Å². The minimum atomic E-state index is 0.0464. The van der Waals surface area contributed by atoms with E-state index in [0.717, 1.165) is 38.4 Å².